The van der Waals surface area contributed by atoms with Crippen LogP contribution in [0.3, 0.4) is 0 Å². The van der Waals surface area contributed by atoms with Gasteiger partial charge in [-0.15, -0.1) is 0 Å². The molecule has 7 heteroatoms. The summed E-state index contributed by atoms with van der Waals surface area (Å²) in [6, 6.07) is 9.36. The average molecular weight is 404 g/mol. The molecule has 150 valence electrons. The first-order valence-corrected chi connectivity index (χ1v) is 8.90. The van der Waals surface area contributed by atoms with Gasteiger partial charge < -0.3 is 28.6 Å². The van der Waals surface area contributed by atoms with E-state index in [1.807, 2.05) is 56.6 Å². The molecule has 2 aromatic rings. The van der Waals surface area contributed by atoms with Gasteiger partial charge in [0.2, 0.25) is 5.75 Å². The van der Waals surface area contributed by atoms with E-state index in [-0.39, 0.29) is 0 Å². The Morgan fingerprint density at radius 2 is 1.43 bits per heavy atom. The molecule has 0 saturated heterocycles. The third-order valence-electron chi connectivity index (χ3n) is 3.93. The van der Waals surface area contributed by atoms with Crippen LogP contribution in [0.1, 0.15) is 11.1 Å². The van der Waals surface area contributed by atoms with Gasteiger partial charge in [0, 0.05) is 19.7 Å². The molecule has 0 amide bonds. The van der Waals surface area contributed by atoms with Crippen molar-refractivity contribution in [2.45, 2.75) is 0 Å². The summed E-state index contributed by atoms with van der Waals surface area (Å²) in [7, 11) is 9.98. The number of hydrogen-bond acceptors (Lipinski definition) is 6. The number of para-hydroxylation sites is 1. The van der Waals surface area contributed by atoms with E-state index in [0.717, 1.165) is 11.1 Å². The summed E-state index contributed by atoms with van der Waals surface area (Å²) in [5, 5.41) is 0.340. The molecule has 0 radical (unpaired) electrons. The highest BCUT2D eigenvalue weighted by molar-refractivity contribution is 7.80. The lowest BCUT2D eigenvalue weighted by molar-refractivity contribution is 0.324. The minimum atomic E-state index is 0.340. The van der Waals surface area contributed by atoms with Gasteiger partial charge in [-0.25, -0.2) is 0 Å². The van der Waals surface area contributed by atoms with Crippen molar-refractivity contribution in [3.05, 3.63) is 41.5 Å². The lowest BCUT2D eigenvalue weighted by Gasteiger charge is -2.17. The maximum atomic E-state index is 5.86. The molecule has 0 atom stereocenters. The highest BCUT2D eigenvalue weighted by atomic mass is 32.1. The number of benzene rings is 2. The predicted octanol–water partition coefficient (Wildman–Crippen LogP) is 4.12. The number of nitrogens with zero attached hydrogens (tertiary/aromatic N) is 1. The Morgan fingerprint density at radius 1 is 0.821 bits per heavy atom. The fraction of sp³-hybridized carbons (Fsp3) is 0.286. The Kier molecular flexibility index (Phi) is 7.52. The predicted molar refractivity (Wildman–Crippen MR) is 115 cm³/mol. The summed E-state index contributed by atoms with van der Waals surface area (Å²) < 4.78 is 27.5. The fourth-order valence-electron chi connectivity index (χ4n) is 2.50. The fourth-order valence-corrected chi connectivity index (χ4v) is 2.58. The second-order valence-corrected chi connectivity index (χ2v) is 6.28. The van der Waals surface area contributed by atoms with Crippen LogP contribution in [-0.2, 0) is 0 Å². The van der Waals surface area contributed by atoms with Crippen LogP contribution in [0.4, 0.5) is 0 Å². The van der Waals surface area contributed by atoms with Crippen LogP contribution in [0.5, 0.6) is 28.7 Å². The van der Waals surface area contributed by atoms with Crippen LogP contribution in [-0.4, -0.2) is 52.6 Å². The third kappa shape index (κ3) is 4.86. The molecule has 0 aliphatic rings. The first-order valence-electron chi connectivity index (χ1n) is 8.49. The minimum Gasteiger partial charge on any atom is -0.493 e. The summed E-state index contributed by atoms with van der Waals surface area (Å²) in [5.74, 6) is 2.85. The van der Waals surface area contributed by atoms with E-state index in [4.69, 9.17) is 35.9 Å². The Hall–Kier alpha value is -2.93. The lowest BCUT2D eigenvalue weighted by atomic mass is 10.1. The lowest BCUT2D eigenvalue weighted by Crippen LogP contribution is -2.25. The number of rotatable bonds is 7. The van der Waals surface area contributed by atoms with E-state index in [0.29, 0.717) is 33.9 Å². The summed E-state index contributed by atoms with van der Waals surface area (Å²) in [4.78, 5) is 1.72. The summed E-state index contributed by atoms with van der Waals surface area (Å²) in [5.41, 5.74) is 1.69. The van der Waals surface area contributed by atoms with Crippen molar-refractivity contribution in [2.24, 2.45) is 0 Å². The number of hydrogen-bond donors (Lipinski definition) is 0. The zero-order valence-electron chi connectivity index (χ0n) is 16.9. The van der Waals surface area contributed by atoms with E-state index < -0.39 is 0 Å². The molecule has 2 rings (SSSR count). The molecule has 0 saturated carbocycles. The second-order valence-electron chi connectivity index (χ2n) is 5.93. The van der Waals surface area contributed by atoms with Crippen LogP contribution in [0.2, 0.25) is 0 Å². The second kappa shape index (κ2) is 9.85. The van der Waals surface area contributed by atoms with Gasteiger partial charge in [0.05, 0.1) is 28.4 Å². The molecule has 0 spiro atoms. The number of thiocarbonyl (C=S) groups is 1. The van der Waals surface area contributed by atoms with Crippen LogP contribution in [0.15, 0.2) is 30.3 Å². The molecular formula is C21H25NO5S. The summed E-state index contributed by atoms with van der Waals surface area (Å²) >= 11 is 5.28. The Morgan fingerprint density at radius 3 is 1.93 bits per heavy atom. The molecule has 0 heterocycles. The molecular weight excluding hydrogens is 378 g/mol. The van der Waals surface area contributed by atoms with Crippen molar-refractivity contribution in [1.29, 1.82) is 0 Å². The highest BCUT2D eigenvalue weighted by Gasteiger charge is 2.14. The average Bonchev–Trinajstić information content (AvgIpc) is 2.71. The molecule has 6 nitrogen and oxygen atoms in total. The quantitative estimate of drug-likeness (QED) is 0.509. The van der Waals surface area contributed by atoms with Crippen molar-refractivity contribution in [2.75, 3.05) is 42.5 Å². The van der Waals surface area contributed by atoms with Crippen molar-refractivity contribution in [3.8, 4) is 28.7 Å². The topological polar surface area (TPSA) is 49.4 Å². The van der Waals surface area contributed by atoms with Gasteiger partial charge >= 0.3 is 0 Å². The maximum absolute atomic E-state index is 5.86. The van der Waals surface area contributed by atoms with Gasteiger partial charge in [-0.05, 0) is 36.0 Å². The molecule has 28 heavy (non-hydrogen) atoms. The molecule has 0 N–H and O–H groups in total. The Labute approximate surface area is 171 Å². The van der Waals surface area contributed by atoms with Gasteiger partial charge in [0.25, 0.3) is 5.17 Å². The van der Waals surface area contributed by atoms with Crippen molar-refractivity contribution in [3.63, 3.8) is 0 Å². The zero-order valence-corrected chi connectivity index (χ0v) is 17.8. The SMILES string of the molecule is COc1cccc(/C=C\c2cc(OC)c(OC)c(OC)c2)c1OC(=S)N(C)C. The minimum absolute atomic E-state index is 0.340. The van der Waals surface area contributed by atoms with Gasteiger partial charge in [-0.1, -0.05) is 24.3 Å². The number of ether oxygens (including phenoxy) is 5. The summed E-state index contributed by atoms with van der Waals surface area (Å²) in [6.07, 6.45) is 3.83. The summed E-state index contributed by atoms with van der Waals surface area (Å²) in [6.45, 7) is 0. The van der Waals surface area contributed by atoms with Crippen molar-refractivity contribution >= 4 is 29.5 Å². The molecule has 0 bridgehead atoms. The molecule has 0 aromatic heterocycles. The van der Waals surface area contributed by atoms with Crippen molar-refractivity contribution in [1.82, 2.24) is 4.90 Å². The van der Waals surface area contributed by atoms with Gasteiger partial charge in [0.1, 0.15) is 0 Å². The van der Waals surface area contributed by atoms with E-state index in [1.54, 1.807) is 33.3 Å². The molecule has 0 aliphatic carbocycles. The van der Waals surface area contributed by atoms with Crippen molar-refractivity contribution < 1.29 is 23.7 Å². The van der Waals surface area contributed by atoms with E-state index >= 15 is 0 Å². The standard InChI is InChI=1S/C21H25NO5S/c1-22(2)21(28)27-19-15(8-7-9-16(19)23-3)11-10-14-12-17(24-4)20(26-6)18(13-14)25-5/h7-13H,1-6H3/b11-10-. The first-order chi connectivity index (χ1) is 13.4. The van der Waals surface area contributed by atoms with Gasteiger partial charge in [-0.3, -0.25) is 0 Å². The smallest absolute Gasteiger partial charge is 0.264 e. The monoisotopic (exact) mass is 403 g/mol. The molecule has 0 fully saturated rings. The van der Waals surface area contributed by atoms with Crippen LogP contribution >= 0.6 is 12.2 Å². The third-order valence-corrected chi connectivity index (χ3v) is 4.37. The number of methoxy groups -OCH3 is 4. The zero-order chi connectivity index (χ0) is 20.7. The van der Waals surface area contributed by atoms with Crippen LogP contribution < -0.4 is 23.7 Å². The Bertz CT molecular complexity index is 839. The molecule has 0 aliphatic heterocycles. The maximum Gasteiger partial charge on any atom is 0.264 e. The normalized spacial score (nSPS) is 10.5. The van der Waals surface area contributed by atoms with Crippen LogP contribution in [0, 0.1) is 0 Å². The Balaban J connectivity index is 2.45. The molecule has 2 aromatic carbocycles. The van der Waals surface area contributed by atoms with Gasteiger partial charge in [-0.2, -0.15) is 0 Å². The highest BCUT2D eigenvalue weighted by Crippen LogP contribution is 2.39. The molecule has 0 unspecified atom stereocenters. The van der Waals surface area contributed by atoms with Gasteiger partial charge in [0.15, 0.2) is 23.0 Å². The first kappa shape index (κ1) is 21.4. The van der Waals surface area contributed by atoms with Crippen LogP contribution in [0.25, 0.3) is 12.2 Å². The van der Waals surface area contributed by atoms with E-state index in [9.17, 15) is 0 Å². The van der Waals surface area contributed by atoms with E-state index in [1.165, 1.54) is 0 Å². The van der Waals surface area contributed by atoms with E-state index in [2.05, 4.69) is 0 Å². The largest absolute Gasteiger partial charge is 0.493 e.